The number of benzene rings is 1. The molecule has 0 unspecified atom stereocenters. The van der Waals surface area contributed by atoms with Gasteiger partial charge in [0, 0.05) is 19.3 Å². The summed E-state index contributed by atoms with van der Waals surface area (Å²) in [6.45, 7) is 2.12. The van der Waals surface area contributed by atoms with Crippen molar-refractivity contribution < 1.29 is 22.7 Å². The molecule has 0 aliphatic rings. The maximum atomic E-state index is 13.3. The molecular formula is C19H21F3N6O2S. The smallest absolute Gasteiger partial charge is 0.383 e. The van der Waals surface area contributed by atoms with Gasteiger partial charge in [-0.05, 0) is 31.4 Å². The second kappa shape index (κ2) is 10.3. The lowest BCUT2D eigenvalue weighted by Gasteiger charge is -2.30. The molecule has 0 saturated carbocycles. The minimum atomic E-state index is -4.60. The molecule has 0 fully saturated rings. The number of nitriles is 1. The predicted molar refractivity (Wildman–Crippen MR) is 111 cm³/mol. The first-order chi connectivity index (χ1) is 14.6. The number of ether oxygens (including phenoxy) is 1. The van der Waals surface area contributed by atoms with Crippen molar-refractivity contribution >= 4 is 35.1 Å². The molecule has 0 spiro atoms. The number of methoxy groups -OCH3 is 1. The summed E-state index contributed by atoms with van der Waals surface area (Å²) in [6.07, 6.45) is -2.91. The van der Waals surface area contributed by atoms with E-state index in [1.54, 1.807) is 6.26 Å². The van der Waals surface area contributed by atoms with Crippen LogP contribution in [0.15, 0.2) is 29.3 Å². The fraction of sp³-hybridized carbons (Fsp3) is 0.368. The highest BCUT2D eigenvalue weighted by Crippen LogP contribution is 2.37. The maximum absolute atomic E-state index is 13.3. The van der Waals surface area contributed by atoms with Crippen molar-refractivity contribution in [2.75, 3.05) is 36.7 Å². The maximum Gasteiger partial charge on any atom is 0.416 e. The number of hydrogen-bond acceptors (Lipinski definition) is 8. The van der Waals surface area contributed by atoms with Crippen LogP contribution < -0.4 is 16.0 Å². The van der Waals surface area contributed by atoms with E-state index in [4.69, 9.17) is 10.5 Å². The average molecular weight is 454 g/mol. The number of nitrogens with one attached hydrogen (secondary N) is 1. The Morgan fingerprint density at radius 1 is 1.42 bits per heavy atom. The van der Waals surface area contributed by atoms with Crippen molar-refractivity contribution in [2.24, 2.45) is 5.73 Å². The van der Waals surface area contributed by atoms with Gasteiger partial charge in [-0.1, -0.05) is 6.07 Å². The summed E-state index contributed by atoms with van der Waals surface area (Å²) in [4.78, 5) is 21.8. The number of thioether (sulfide) groups is 1. The zero-order valence-electron chi connectivity index (χ0n) is 17.0. The van der Waals surface area contributed by atoms with Gasteiger partial charge >= 0.3 is 6.18 Å². The summed E-state index contributed by atoms with van der Waals surface area (Å²) < 4.78 is 44.8. The van der Waals surface area contributed by atoms with Crippen molar-refractivity contribution in [3.63, 3.8) is 0 Å². The third kappa shape index (κ3) is 5.77. The van der Waals surface area contributed by atoms with E-state index < -0.39 is 23.7 Å². The SMILES string of the molecule is COCCNc1nc(SC)c(C#N)c(N(c2cccc(C(F)(F)F)c2)[C@@H](C)C(N)=O)n1. The van der Waals surface area contributed by atoms with E-state index in [9.17, 15) is 23.2 Å². The fourth-order valence-electron chi connectivity index (χ4n) is 2.68. The highest BCUT2D eigenvalue weighted by molar-refractivity contribution is 7.98. The minimum absolute atomic E-state index is 0.00576. The molecule has 8 nitrogen and oxygen atoms in total. The lowest BCUT2D eigenvalue weighted by molar-refractivity contribution is -0.137. The molecule has 0 saturated heterocycles. The number of nitrogens with zero attached hydrogens (tertiary/aromatic N) is 4. The van der Waals surface area contributed by atoms with Gasteiger partial charge in [0.1, 0.15) is 22.7 Å². The molecule has 0 aliphatic heterocycles. The van der Waals surface area contributed by atoms with E-state index >= 15 is 0 Å². The number of alkyl halides is 3. The molecule has 1 amide bonds. The van der Waals surface area contributed by atoms with Gasteiger partial charge in [-0.25, -0.2) is 4.98 Å². The summed E-state index contributed by atoms with van der Waals surface area (Å²) in [5.41, 5.74) is 4.57. The Morgan fingerprint density at radius 2 is 2.13 bits per heavy atom. The first kappa shape index (κ1) is 24.2. The molecule has 0 radical (unpaired) electrons. The molecule has 1 heterocycles. The van der Waals surface area contributed by atoms with Crippen LogP contribution >= 0.6 is 11.8 Å². The van der Waals surface area contributed by atoms with Gasteiger partial charge in [0.25, 0.3) is 0 Å². The van der Waals surface area contributed by atoms with Gasteiger partial charge in [0.05, 0.1) is 12.2 Å². The Kier molecular flexibility index (Phi) is 8.07. The first-order valence-corrected chi connectivity index (χ1v) is 10.2. The summed E-state index contributed by atoms with van der Waals surface area (Å²) in [6, 6.07) is 5.25. The van der Waals surface area contributed by atoms with Gasteiger partial charge in [-0.2, -0.15) is 23.4 Å². The first-order valence-electron chi connectivity index (χ1n) is 8.98. The van der Waals surface area contributed by atoms with Crippen molar-refractivity contribution in [1.82, 2.24) is 9.97 Å². The van der Waals surface area contributed by atoms with Crippen molar-refractivity contribution in [3.8, 4) is 6.07 Å². The van der Waals surface area contributed by atoms with Crippen LogP contribution in [0.25, 0.3) is 0 Å². The van der Waals surface area contributed by atoms with Gasteiger partial charge in [-0.3, -0.25) is 4.79 Å². The van der Waals surface area contributed by atoms with Crippen LogP contribution in [0.4, 0.5) is 30.6 Å². The molecular weight excluding hydrogens is 433 g/mol. The van der Waals surface area contributed by atoms with Crippen molar-refractivity contribution in [2.45, 2.75) is 24.2 Å². The number of rotatable bonds is 9. The highest BCUT2D eigenvalue weighted by atomic mass is 32.2. The van der Waals surface area contributed by atoms with E-state index in [1.165, 1.54) is 31.1 Å². The van der Waals surface area contributed by atoms with Crippen LogP contribution in [0, 0.1) is 11.3 Å². The van der Waals surface area contributed by atoms with Crippen LogP contribution in [-0.2, 0) is 15.7 Å². The zero-order valence-corrected chi connectivity index (χ0v) is 17.8. The summed E-state index contributed by atoms with van der Waals surface area (Å²) in [7, 11) is 1.52. The van der Waals surface area contributed by atoms with E-state index in [1.807, 2.05) is 6.07 Å². The number of carbonyl (C=O) groups is 1. The second-order valence-corrected chi connectivity index (χ2v) is 7.08. The lowest BCUT2D eigenvalue weighted by atomic mass is 10.1. The quantitative estimate of drug-likeness (QED) is 0.337. The number of primary amides is 1. The Balaban J connectivity index is 2.73. The summed E-state index contributed by atoms with van der Waals surface area (Å²) in [5.74, 6) is -0.712. The standard InChI is InChI=1S/C19H21F3N6O2S/c1-11(15(24)29)28(13-6-4-5-12(9-13)19(20,21)22)16-14(10-23)17(31-3)27-18(26-16)25-7-8-30-2/h4-6,9,11H,7-8H2,1-3H3,(H2,24,29)(H,25,26,27)/t11-/m0/s1. The third-order valence-electron chi connectivity index (χ3n) is 4.23. The van der Waals surface area contributed by atoms with Crippen LogP contribution in [0.3, 0.4) is 0 Å². The van der Waals surface area contributed by atoms with E-state index in [0.717, 1.165) is 23.9 Å². The van der Waals surface area contributed by atoms with Gasteiger partial charge in [0.15, 0.2) is 5.82 Å². The largest absolute Gasteiger partial charge is 0.416 e. The molecule has 3 N–H and O–H groups in total. The molecule has 1 atom stereocenters. The predicted octanol–water partition coefficient (Wildman–Crippen LogP) is 3.16. The van der Waals surface area contributed by atoms with E-state index in [-0.39, 0.29) is 23.0 Å². The fourth-order valence-corrected chi connectivity index (χ4v) is 3.20. The Labute approximate surface area is 181 Å². The topological polar surface area (TPSA) is 117 Å². The van der Waals surface area contributed by atoms with Crippen LogP contribution in [0.1, 0.15) is 18.1 Å². The molecule has 0 bridgehead atoms. The molecule has 2 aromatic rings. The van der Waals surface area contributed by atoms with Crippen LogP contribution in [0.5, 0.6) is 0 Å². The zero-order chi connectivity index (χ0) is 23.2. The number of amides is 1. The highest BCUT2D eigenvalue weighted by Gasteiger charge is 2.33. The van der Waals surface area contributed by atoms with Crippen LogP contribution in [0.2, 0.25) is 0 Å². The number of aromatic nitrogens is 2. The van der Waals surface area contributed by atoms with Crippen LogP contribution in [-0.4, -0.2) is 48.4 Å². The molecule has 0 aliphatic carbocycles. The average Bonchev–Trinajstić information content (AvgIpc) is 2.73. The van der Waals surface area contributed by atoms with Crippen molar-refractivity contribution in [3.05, 3.63) is 35.4 Å². The molecule has 1 aromatic carbocycles. The molecule has 12 heteroatoms. The molecule has 166 valence electrons. The monoisotopic (exact) mass is 454 g/mol. The summed E-state index contributed by atoms with van der Waals surface area (Å²) >= 11 is 1.16. The number of hydrogen-bond donors (Lipinski definition) is 2. The lowest BCUT2D eigenvalue weighted by Crippen LogP contribution is -2.41. The Bertz CT molecular complexity index is 980. The van der Waals surface area contributed by atoms with E-state index in [2.05, 4.69) is 15.3 Å². The number of nitrogens with two attached hydrogens (primary N) is 1. The molecule has 2 rings (SSSR count). The molecule has 1 aromatic heterocycles. The van der Waals surface area contributed by atoms with Crippen molar-refractivity contribution in [1.29, 1.82) is 5.26 Å². The minimum Gasteiger partial charge on any atom is -0.383 e. The number of carbonyl (C=O) groups excluding carboxylic acids is 1. The van der Waals surface area contributed by atoms with Gasteiger partial charge in [0.2, 0.25) is 11.9 Å². The molecule has 31 heavy (non-hydrogen) atoms. The van der Waals surface area contributed by atoms with Gasteiger partial charge in [-0.15, -0.1) is 11.8 Å². The Hall–Kier alpha value is -3.04. The number of anilines is 3. The number of halogens is 3. The van der Waals surface area contributed by atoms with E-state index in [0.29, 0.717) is 18.2 Å². The van der Waals surface area contributed by atoms with Gasteiger partial charge < -0.3 is 20.7 Å². The summed E-state index contributed by atoms with van der Waals surface area (Å²) in [5, 5.41) is 13.0. The Morgan fingerprint density at radius 3 is 2.68 bits per heavy atom. The second-order valence-electron chi connectivity index (χ2n) is 6.28. The third-order valence-corrected chi connectivity index (χ3v) is 4.91. The normalized spacial score (nSPS) is 12.2.